The number of hydrogen-bond donors (Lipinski definition) is 2. The van der Waals surface area contributed by atoms with Crippen molar-refractivity contribution in [1.82, 2.24) is 5.32 Å². The second-order valence-corrected chi connectivity index (χ2v) is 6.00. The van der Waals surface area contributed by atoms with Crippen LogP contribution in [0, 0.1) is 11.8 Å². The molecule has 2 rings (SSSR count). The van der Waals surface area contributed by atoms with Crippen LogP contribution >= 0.6 is 0 Å². The Balaban J connectivity index is 1.73. The molecule has 4 heteroatoms. The molecule has 0 aromatic carbocycles. The van der Waals surface area contributed by atoms with Crippen LogP contribution in [-0.2, 0) is 9.53 Å². The molecule has 0 heterocycles. The number of carbonyl (C=O) groups excluding carboxylic acids is 1. The van der Waals surface area contributed by atoms with Crippen LogP contribution in [0.2, 0.25) is 0 Å². The first kappa shape index (κ1) is 14.8. The van der Waals surface area contributed by atoms with E-state index in [0.29, 0.717) is 24.6 Å². The van der Waals surface area contributed by atoms with Gasteiger partial charge in [0.2, 0.25) is 0 Å². The van der Waals surface area contributed by atoms with E-state index in [4.69, 9.17) is 10.5 Å². The predicted molar refractivity (Wildman–Crippen MR) is 75.7 cm³/mol. The topological polar surface area (TPSA) is 64.3 Å². The highest BCUT2D eigenvalue weighted by atomic mass is 16.5. The van der Waals surface area contributed by atoms with Crippen LogP contribution in [0.4, 0.5) is 0 Å². The van der Waals surface area contributed by atoms with E-state index in [1.54, 1.807) is 0 Å². The minimum Gasteiger partial charge on any atom is -0.466 e. The molecule has 2 saturated carbocycles. The molecule has 2 aliphatic rings. The van der Waals surface area contributed by atoms with Crippen molar-refractivity contribution in [3.63, 3.8) is 0 Å². The van der Waals surface area contributed by atoms with Crippen LogP contribution in [0.3, 0.4) is 0 Å². The Labute approximate surface area is 116 Å². The van der Waals surface area contributed by atoms with Crippen molar-refractivity contribution >= 4 is 5.97 Å². The third-order valence-electron chi connectivity index (χ3n) is 4.76. The molecule has 0 spiro atoms. The van der Waals surface area contributed by atoms with E-state index >= 15 is 0 Å². The molecule has 0 saturated heterocycles. The van der Waals surface area contributed by atoms with Crippen molar-refractivity contribution in [3.8, 4) is 0 Å². The van der Waals surface area contributed by atoms with E-state index in [2.05, 4.69) is 5.32 Å². The molecule has 0 aromatic rings. The SMILES string of the molecule is CCOC(=O)C1CCC(NC2CCCC2CN)CC1. The number of rotatable bonds is 5. The molecule has 0 aromatic heterocycles. The van der Waals surface area contributed by atoms with E-state index in [1.807, 2.05) is 6.92 Å². The fourth-order valence-corrected chi connectivity index (χ4v) is 3.60. The van der Waals surface area contributed by atoms with Gasteiger partial charge in [-0.05, 0) is 57.9 Å². The number of esters is 1. The van der Waals surface area contributed by atoms with Gasteiger partial charge in [0, 0.05) is 12.1 Å². The highest BCUT2D eigenvalue weighted by molar-refractivity contribution is 5.72. The summed E-state index contributed by atoms with van der Waals surface area (Å²) in [4.78, 5) is 11.7. The van der Waals surface area contributed by atoms with Gasteiger partial charge in [-0.25, -0.2) is 0 Å². The zero-order valence-electron chi connectivity index (χ0n) is 12.1. The third kappa shape index (κ3) is 3.93. The zero-order chi connectivity index (χ0) is 13.7. The summed E-state index contributed by atoms with van der Waals surface area (Å²) in [5.41, 5.74) is 5.82. The lowest BCUT2D eigenvalue weighted by Crippen LogP contribution is -2.44. The number of hydrogen-bond acceptors (Lipinski definition) is 4. The van der Waals surface area contributed by atoms with E-state index in [9.17, 15) is 4.79 Å². The Morgan fingerprint density at radius 3 is 2.58 bits per heavy atom. The van der Waals surface area contributed by atoms with Gasteiger partial charge in [-0.3, -0.25) is 4.79 Å². The van der Waals surface area contributed by atoms with Gasteiger partial charge in [0.05, 0.1) is 12.5 Å². The lowest BCUT2D eigenvalue weighted by molar-refractivity contribution is -0.149. The van der Waals surface area contributed by atoms with Gasteiger partial charge in [0.1, 0.15) is 0 Å². The van der Waals surface area contributed by atoms with Crippen LogP contribution < -0.4 is 11.1 Å². The monoisotopic (exact) mass is 268 g/mol. The molecular formula is C15H28N2O2. The lowest BCUT2D eigenvalue weighted by atomic mass is 9.85. The summed E-state index contributed by atoms with van der Waals surface area (Å²) < 4.78 is 5.11. The summed E-state index contributed by atoms with van der Waals surface area (Å²) >= 11 is 0. The first-order valence-electron chi connectivity index (χ1n) is 7.87. The summed E-state index contributed by atoms with van der Waals surface area (Å²) in [5.74, 6) is 0.788. The van der Waals surface area contributed by atoms with Gasteiger partial charge < -0.3 is 15.8 Å². The fraction of sp³-hybridized carbons (Fsp3) is 0.933. The molecule has 2 atom stereocenters. The molecule has 2 unspecified atom stereocenters. The second-order valence-electron chi connectivity index (χ2n) is 6.00. The summed E-state index contributed by atoms with van der Waals surface area (Å²) in [7, 11) is 0. The molecule has 0 amide bonds. The lowest BCUT2D eigenvalue weighted by Gasteiger charge is -2.32. The van der Waals surface area contributed by atoms with Crippen molar-refractivity contribution in [2.75, 3.05) is 13.2 Å². The third-order valence-corrected chi connectivity index (χ3v) is 4.76. The molecule has 0 radical (unpaired) electrons. The van der Waals surface area contributed by atoms with Crippen LogP contribution in [-0.4, -0.2) is 31.2 Å². The fourth-order valence-electron chi connectivity index (χ4n) is 3.60. The normalized spacial score (nSPS) is 35.3. The van der Waals surface area contributed by atoms with E-state index in [1.165, 1.54) is 19.3 Å². The average Bonchev–Trinajstić information content (AvgIpc) is 2.87. The maximum absolute atomic E-state index is 11.7. The van der Waals surface area contributed by atoms with Gasteiger partial charge in [0.25, 0.3) is 0 Å². The average molecular weight is 268 g/mol. The van der Waals surface area contributed by atoms with Gasteiger partial charge >= 0.3 is 5.97 Å². The highest BCUT2D eigenvalue weighted by Gasteiger charge is 2.31. The van der Waals surface area contributed by atoms with E-state index in [0.717, 1.165) is 32.2 Å². The molecule has 19 heavy (non-hydrogen) atoms. The number of carbonyl (C=O) groups is 1. The van der Waals surface area contributed by atoms with E-state index < -0.39 is 0 Å². The molecule has 2 fully saturated rings. The molecular weight excluding hydrogens is 240 g/mol. The molecule has 4 nitrogen and oxygen atoms in total. The van der Waals surface area contributed by atoms with Gasteiger partial charge in [0.15, 0.2) is 0 Å². The summed E-state index contributed by atoms with van der Waals surface area (Å²) in [5, 5.41) is 3.78. The maximum Gasteiger partial charge on any atom is 0.308 e. The Morgan fingerprint density at radius 2 is 1.95 bits per heavy atom. The zero-order valence-corrected chi connectivity index (χ0v) is 12.1. The maximum atomic E-state index is 11.7. The van der Waals surface area contributed by atoms with Gasteiger partial charge in [-0.15, -0.1) is 0 Å². The summed E-state index contributed by atoms with van der Waals surface area (Å²) in [6, 6.07) is 1.18. The summed E-state index contributed by atoms with van der Waals surface area (Å²) in [6.07, 6.45) is 7.96. The first-order chi connectivity index (χ1) is 9.24. The second kappa shape index (κ2) is 7.25. The van der Waals surface area contributed by atoms with Crippen molar-refractivity contribution in [2.24, 2.45) is 17.6 Å². The Hall–Kier alpha value is -0.610. The first-order valence-corrected chi connectivity index (χ1v) is 7.87. The minimum absolute atomic E-state index is 0.00153. The van der Waals surface area contributed by atoms with Crippen LogP contribution in [0.1, 0.15) is 51.9 Å². The Bertz CT molecular complexity index is 288. The molecule has 0 bridgehead atoms. The van der Waals surface area contributed by atoms with Gasteiger partial charge in [-0.1, -0.05) is 6.42 Å². The van der Waals surface area contributed by atoms with Crippen molar-refractivity contribution < 1.29 is 9.53 Å². The van der Waals surface area contributed by atoms with Crippen molar-refractivity contribution in [3.05, 3.63) is 0 Å². The van der Waals surface area contributed by atoms with Gasteiger partial charge in [-0.2, -0.15) is 0 Å². The molecule has 2 aliphatic carbocycles. The minimum atomic E-state index is 0.00153. The predicted octanol–water partition coefficient (Wildman–Crippen LogP) is 1.83. The Morgan fingerprint density at radius 1 is 1.21 bits per heavy atom. The van der Waals surface area contributed by atoms with Crippen LogP contribution in [0.5, 0.6) is 0 Å². The number of nitrogens with two attached hydrogens (primary N) is 1. The Kier molecular flexibility index (Phi) is 5.64. The standard InChI is InChI=1S/C15H28N2O2/c1-2-19-15(18)11-6-8-13(9-7-11)17-14-5-3-4-12(14)10-16/h11-14,17H,2-10,16H2,1H3. The van der Waals surface area contributed by atoms with Crippen molar-refractivity contribution in [1.29, 1.82) is 0 Å². The number of nitrogens with one attached hydrogen (secondary N) is 1. The largest absolute Gasteiger partial charge is 0.466 e. The molecule has 110 valence electrons. The number of ether oxygens (including phenoxy) is 1. The molecule has 3 N–H and O–H groups in total. The summed E-state index contributed by atoms with van der Waals surface area (Å²) in [6.45, 7) is 3.17. The smallest absolute Gasteiger partial charge is 0.308 e. The van der Waals surface area contributed by atoms with Crippen LogP contribution in [0.15, 0.2) is 0 Å². The molecule has 0 aliphatic heterocycles. The quantitative estimate of drug-likeness (QED) is 0.747. The highest BCUT2D eigenvalue weighted by Crippen LogP contribution is 2.29. The van der Waals surface area contributed by atoms with E-state index in [-0.39, 0.29) is 11.9 Å². The van der Waals surface area contributed by atoms with Crippen molar-refractivity contribution in [2.45, 2.75) is 64.0 Å². The van der Waals surface area contributed by atoms with Crippen LogP contribution in [0.25, 0.3) is 0 Å².